The molecule has 1 N–H and O–H groups in total. The highest BCUT2D eigenvalue weighted by Gasteiger charge is 2.21. The number of benzene rings is 2. The predicted molar refractivity (Wildman–Crippen MR) is 81.4 cm³/mol. The minimum atomic E-state index is -0.153. The van der Waals surface area contributed by atoms with E-state index in [9.17, 15) is 4.39 Å². The van der Waals surface area contributed by atoms with Crippen molar-refractivity contribution in [3.05, 3.63) is 58.4 Å². The molecule has 1 nitrogen and oxygen atoms in total. The first-order chi connectivity index (χ1) is 9.60. The molecule has 1 unspecified atom stereocenters. The fourth-order valence-electron chi connectivity index (χ4n) is 3.44. The van der Waals surface area contributed by atoms with Gasteiger partial charge in [-0.05, 0) is 79.3 Å². The summed E-state index contributed by atoms with van der Waals surface area (Å²) in [5, 5.41) is 3.36. The zero-order valence-corrected chi connectivity index (χ0v) is 12.3. The number of halogens is 1. The Bertz CT molecular complexity index is 637. The highest BCUT2D eigenvalue weighted by Crippen LogP contribution is 2.36. The van der Waals surface area contributed by atoms with Gasteiger partial charge in [0, 0.05) is 6.04 Å². The first-order valence-electron chi connectivity index (χ1n) is 7.17. The van der Waals surface area contributed by atoms with E-state index in [0.29, 0.717) is 6.04 Å². The summed E-state index contributed by atoms with van der Waals surface area (Å²) in [6, 6.07) is 10.4. The molecule has 2 aromatic carbocycles. The number of nitrogens with one attached hydrogen (secondary N) is 1. The van der Waals surface area contributed by atoms with Crippen molar-refractivity contribution in [3.8, 4) is 11.1 Å². The smallest absolute Gasteiger partial charge is 0.123 e. The Morgan fingerprint density at radius 3 is 2.45 bits per heavy atom. The maximum Gasteiger partial charge on any atom is 0.123 e. The van der Waals surface area contributed by atoms with Gasteiger partial charge in [-0.1, -0.05) is 18.2 Å². The van der Waals surface area contributed by atoms with E-state index in [1.807, 2.05) is 20.9 Å². The van der Waals surface area contributed by atoms with Crippen molar-refractivity contribution in [2.75, 3.05) is 7.05 Å². The van der Waals surface area contributed by atoms with Gasteiger partial charge in [0.2, 0.25) is 0 Å². The zero-order valence-electron chi connectivity index (χ0n) is 12.3. The Hall–Kier alpha value is -1.67. The summed E-state index contributed by atoms with van der Waals surface area (Å²) in [5.74, 6) is -0.153. The number of aryl methyl sites for hydroxylation is 3. The van der Waals surface area contributed by atoms with E-state index in [4.69, 9.17) is 0 Å². The molecule has 3 rings (SSSR count). The summed E-state index contributed by atoms with van der Waals surface area (Å²) >= 11 is 0. The van der Waals surface area contributed by atoms with Crippen molar-refractivity contribution in [2.24, 2.45) is 0 Å². The molecule has 0 bridgehead atoms. The predicted octanol–water partition coefficient (Wildman–Crippen LogP) is 4.32. The first-order valence-corrected chi connectivity index (χ1v) is 7.17. The quantitative estimate of drug-likeness (QED) is 0.856. The molecule has 0 radical (unpaired) electrons. The van der Waals surface area contributed by atoms with E-state index in [1.54, 1.807) is 12.1 Å². The summed E-state index contributed by atoms with van der Waals surface area (Å²) in [6.45, 7) is 3.96. The van der Waals surface area contributed by atoms with Crippen LogP contribution in [-0.4, -0.2) is 7.05 Å². The van der Waals surface area contributed by atoms with E-state index in [0.717, 1.165) is 24.0 Å². The third kappa shape index (κ3) is 2.14. The van der Waals surface area contributed by atoms with E-state index in [2.05, 4.69) is 23.5 Å². The van der Waals surface area contributed by atoms with Gasteiger partial charge >= 0.3 is 0 Å². The van der Waals surface area contributed by atoms with Crippen molar-refractivity contribution >= 4 is 0 Å². The summed E-state index contributed by atoms with van der Waals surface area (Å²) in [5.41, 5.74) is 7.22. The summed E-state index contributed by atoms with van der Waals surface area (Å²) in [6.07, 6.45) is 2.28. The van der Waals surface area contributed by atoms with Crippen molar-refractivity contribution in [2.45, 2.75) is 32.7 Å². The molecule has 0 aliphatic heterocycles. The topological polar surface area (TPSA) is 12.0 Å². The molecule has 20 heavy (non-hydrogen) atoms. The number of hydrogen-bond acceptors (Lipinski definition) is 1. The Morgan fingerprint density at radius 1 is 1.10 bits per heavy atom. The van der Waals surface area contributed by atoms with Gasteiger partial charge < -0.3 is 5.32 Å². The van der Waals surface area contributed by atoms with E-state index >= 15 is 0 Å². The summed E-state index contributed by atoms with van der Waals surface area (Å²) < 4.78 is 13.4. The fourth-order valence-corrected chi connectivity index (χ4v) is 3.44. The Kier molecular flexibility index (Phi) is 3.35. The molecular formula is C18H20FN. The SMILES string of the molecule is CNC1CCc2cc(-c3c(C)cc(F)cc3C)ccc21. The lowest BCUT2D eigenvalue weighted by atomic mass is 9.93. The molecule has 0 saturated carbocycles. The van der Waals surface area contributed by atoms with Gasteiger partial charge in [0.1, 0.15) is 5.82 Å². The van der Waals surface area contributed by atoms with Crippen LogP contribution >= 0.6 is 0 Å². The molecule has 0 fully saturated rings. The molecule has 1 atom stereocenters. The third-order valence-corrected chi connectivity index (χ3v) is 4.36. The van der Waals surface area contributed by atoms with Gasteiger partial charge in [-0.2, -0.15) is 0 Å². The zero-order chi connectivity index (χ0) is 14.3. The summed E-state index contributed by atoms with van der Waals surface area (Å²) in [7, 11) is 2.02. The van der Waals surface area contributed by atoms with Crippen LogP contribution in [0.1, 0.15) is 34.7 Å². The monoisotopic (exact) mass is 269 g/mol. The van der Waals surface area contributed by atoms with Gasteiger partial charge in [-0.3, -0.25) is 0 Å². The lowest BCUT2D eigenvalue weighted by molar-refractivity contribution is 0.590. The van der Waals surface area contributed by atoms with Crippen LogP contribution in [0.2, 0.25) is 0 Å². The van der Waals surface area contributed by atoms with Gasteiger partial charge in [0.25, 0.3) is 0 Å². The second-order valence-electron chi connectivity index (χ2n) is 5.71. The third-order valence-electron chi connectivity index (χ3n) is 4.36. The highest BCUT2D eigenvalue weighted by atomic mass is 19.1. The second kappa shape index (κ2) is 5.02. The minimum absolute atomic E-state index is 0.153. The Labute approximate surface area is 119 Å². The lowest BCUT2D eigenvalue weighted by Gasteiger charge is -2.14. The maximum atomic E-state index is 13.4. The van der Waals surface area contributed by atoms with Gasteiger partial charge in [-0.25, -0.2) is 4.39 Å². The minimum Gasteiger partial charge on any atom is -0.313 e. The highest BCUT2D eigenvalue weighted by molar-refractivity contribution is 5.72. The molecule has 2 heteroatoms. The van der Waals surface area contributed by atoms with Crippen LogP contribution in [0.5, 0.6) is 0 Å². The summed E-state index contributed by atoms with van der Waals surface area (Å²) in [4.78, 5) is 0. The molecular weight excluding hydrogens is 249 g/mol. The average molecular weight is 269 g/mol. The molecule has 0 spiro atoms. The van der Waals surface area contributed by atoms with E-state index in [1.165, 1.54) is 22.3 Å². The van der Waals surface area contributed by atoms with Crippen LogP contribution in [0.25, 0.3) is 11.1 Å². The van der Waals surface area contributed by atoms with Gasteiger partial charge in [0.15, 0.2) is 0 Å². The van der Waals surface area contributed by atoms with Gasteiger partial charge in [-0.15, -0.1) is 0 Å². The first kappa shape index (κ1) is 13.3. The molecule has 104 valence electrons. The van der Waals surface area contributed by atoms with Crippen LogP contribution in [0.15, 0.2) is 30.3 Å². The molecule has 0 heterocycles. The van der Waals surface area contributed by atoms with Crippen LogP contribution < -0.4 is 5.32 Å². The molecule has 1 aliphatic rings. The van der Waals surface area contributed by atoms with Crippen LogP contribution in [0.4, 0.5) is 4.39 Å². The van der Waals surface area contributed by atoms with Crippen LogP contribution in [-0.2, 0) is 6.42 Å². The fraction of sp³-hybridized carbons (Fsp3) is 0.333. The van der Waals surface area contributed by atoms with Crippen molar-refractivity contribution in [1.29, 1.82) is 0 Å². The molecule has 1 aliphatic carbocycles. The van der Waals surface area contributed by atoms with E-state index < -0.39 is 0 Å². The van der Waals surface area contributed by atoms with E-state index in [-0.39, 0.29) is 5.82 Å². The number of hydrogen-bond donors (Lipinski definition) is 1. The normalized spacial score (nSPS) is 17.3. The molecule has 0 saturated heterocycles. The molecule has 0 aromatic heterocycles. The second-order valence-corrected chi connectivity index (χ2v) is 5.71. The molecule has 2 aromatic rings. The lowest BCUT2D eigenvalue weighted by Crippen LogP contribution is -2.12. The largest absolute Gasteiger partial charge is 0.313 e. The standard InChI is InChI=1S/C18H20FN/c1-11-8-15(19)9-12(2)18(11)14-4-6-16-13(10-14)5-7-17(16)20-3/h4,6,8-10,17,20H,5,7H2,1-3H3. The van der Waals surface area contributed by atoms with Gasteiger partial charge in [0.05, 0.1) is 0 Å². The number of rotatable bonds is 2. The average Bonchev–Trinajstić information content (AvgIpc) is 2.79. The molecule has 0 amide bonds. The van der Waals surface area contributed by atoms with Crippen LogP contribution in [0, 0.1) is 19.7 Å². The van der Waals surface area contributed by atoms with Crippen molar-refractivity contribution in [3.63, 3.8) is 0 Å². The number of fused-ring (bicyclic) bond motifs is 1. The Morgan fingerprint density at radius 2 is 1.80 bits per heavy atom. The van der Waals surface area contributed by atoms with Crippen molar-refractivity contribution in [1.82, 2.24) is 5.32 Å². The Balaban J connectivity index is 2.09. The van der Waals surface area contributed by atoms with Crippen molar-refractivity contribution < 1.29 is 4.39 Å². The van der Waals surface area contributed by atoms with Crippen LogP contribution in [0.3, 0.4) is 0 Å². The maximum absolute atomic E-state index is 13.4.